The van der Waals surface area contributed by atoms with E-state index < -0.39 is 11.9 Å². The molecule has 0 saturated heterocycles. The van der Waals surface area contributed by atoms with Gasteiger partial charge in [0.25, 0.3) is 0 Å². The number of aromatic nitrogens is 4. The number of hydrogen-bond donors (Lipinski definition) is 2. The Hall–Kier alpha value is -2.29. The second-order valence-electron chi connectivity index (χ2n) is 4.89. The molecule has 0 aliphatic heterocycles. The molecule has 3 heterocycles. The van der Waals surface area contributed by atoms with E-state index in [0.717, 1.165) is 34.4 Å². The third kappa shape index (κ3) is 3.39. The number of hydrogen-bond acceptors (Lipinski definition) is 5. The van der Waals surface area contributed by atoms with Crippen LogP contribution >= 0.6 is 11.8 Å². The van der Waals surface area contributed by atoms with Gasteiger partial charge in [-0.15, -0.1) is 0 Å². The Labute approximate surface area is 133 Å². The van der Waals surface area contributed by atoms with Crippen LogP contribution in [-0.2, 0) is 6.18 Å². The van der Waals surface area contributed by atoms with E-state index in [2.05, 4.69) is 19.9 Å². The second kappa shape index (κ2) is 5.73. The number of aromatic amines is 1. The summed E-state index contributed by atoms with van der Waals surface area (Å²) in [7, 11) is 0. The lowest BCUT2D eigenvalue weighted by atomic mass is 10.2. The van der Waals surface area contributed by atoms with Gasteiger partial charge in [-0.3, -0.25) is 4.98 Å². The Morgan fingerprint density at radius 2 is 2.04 bits per heavy atom. The zero-order chi connectivity index (χ0) is 16.6. The molecule has 23 heavy (non-hydrogen) atoms. The number of nitrogens with one attached hydrogen (secondary N) is 1. The highest BCUT2D eigenvalue weighted by Crippen LogP contribution is 2.35. The number of pyridine rings is 1. The van der Waals surface area contributed by atoms with Gasteiger partial charge in [0.1, 0.15) is 5.82 Å². The molecule has 0 bridgehead atoms. The van der Waals surface area contributed by atoms with Gasteiger partial charge in [-0.2, -0.15) is 13.2 Å². The van der Waals surface area contributed by atoms with E-state index in [9.17, 15) is 13.2 Å². The Morgan fingerprint density at radius 3 is 2.78 bits per heavy atom. The van der Waals surface area contributed by atoms with Crippen LogP contribution in [0.15, 0.2) is 35.7 Å². The number of halogens is 3. The number of anilines is 1. The molecule has 9 heteroatoms. The van der Waals surface area contributed by atoms with Crippen LogP contribution in [-0.4, -0.2) is 19.9 Å². The molecule has 0 radical (unpaired) electrons. The molecule has 0 fully saturated rings. The van der Waals surface area contributed by atoms with E-state index in [0.29, 0.717) is 0 Å². The van der Waals surface area contributed by atoms with Crippen LogP contribution in [0.25, 0.3) is 10.9 Å². The highest BCUT2D eigenvalue weighted by atomic mass is 32.2. The molecule has 3 aromatic rings. The van der Waals surface area contributed by atoms with Crippen molar-refractivity contribution in [1.82, 2.24) is 19.9 Å². The van der Waals surface area contributed by atoms with E-state index in [1.54, 1.807) is 12.4 Å². The highest BCUT2D eigenvalue weighted by molar-refractivity contribution is 7.99. The lowest BCUT2D eigenvalue weighted by Gasteiger charge is -2.12. The Morgan fingerprint density at radius 1 is 1.26 bits per heavy atom. The molecule has 3 aromatic heterocycles. The summed E-state index contributed by atoms with van der Waals surface area (Å²) in [6.07, 6.45) is -1.08. The zero-order valence-electron chi connectivity index (χ0n) is 11.9. The summed E-state index contributed by atoms with van der Waals surface area (Å²) < 4.78 is 38.3. The van der Waals surface area contributed by atoms with Gasteiger partial charge in [-0.1, -0.05) is 11.8 Å². The molecular formula is C14H12F3N5S. The zero-order valence-corrected chi connectivity index (χ0v) is 12.7. The molecule has 0 aliphatic carbocycles. The third-order valence-electron chi connectivity index (χ3n) is 3.17. The second-order valence-corrected chi connectivity index (χ2v) is 6.20. The number of nitrogen functional groups attached to an aromatic ring is 1. The fourth-order valence-corrected chi connectivity index (χ4v) is 2.92. The number of thioether (sulfide) groups is 1. The van der Waals surface area contributed by atoms with Crippen LogP contribution in [0.2, 0.25) is 0 Å². The first kappa shape index (κ1) is 15.6. The average molecular weight is 339 g/mol. The molecule has 1 unspecified atom stereocenters. The first-order valence-corrected chi connectivity index (χ1v) is 7.52. The van der Waals surface area contributed by atoms with Crippen molar-refractivity contribution in [2.45, 2.75) is 23.5 Å². The maximum absolute atomic E-state index is 12.8. The molecular weight excluding hydrogens is 327 g/mol. The van der Waals surface area contributed by atoms with Gasteiger partial charge in [-0.05, 0) is 19.1 Å². The quantitative estimate of drug-likeness (QED) is 0.560. The summed E-state index contributed by atoms with van der Waals surface area (Å²) in [6.45, 7) is 1.82. The number of alkyl halides is 3. The van der Waals surface area contributed by atoms with Crippen LogP contribution in [0.5, 0.6) is 0 Å². The van der Waals surface area contributed by atoms with Crippen molar-refractivity contribution >= 4 is 28.5 Å². The van der Waals surface area contributed by atoms with E-state index in [1.165, 1.54) is 0 Å². The predicted molar refractivity (Wildman–Crippen MR) is 81.8 cm³/mol. The minimum absolute atomic E-state index is 0.0270. The van der Waals surface area contributed by atoms with Gasteiger partial charge in [0, 0.05) is 17.6 Å². The Bertz CT molecular complexity index is 846. The molecule has 120 valence electrons. The van der Waals surface area contributed by atoms with Gasteiger partial charge < -0.3 is 10.7 Å². The minimum atomic E-state index is -4.56. The summed E-state index contributed by atoms with van der Waals surface area (Å²) >= 11 is 1.08. The highest BCUT2D eigenvalue weighted by Gasteiger charge is 2.33. The lowest BCUT2D eigenvalue weighted by molar-refractivity contribution is -0.141. The Kier molecular flexibility index (Phi) is 3.88. The monoisotopic (exact) mass is 339 g/mol. The van der Waals surface area contributed by atoms with E-state index in [4.69, 9.17) is 5.73 Å². The van der Waals surface area contributed by atoms with Gasteiger partial charge in [-0.25, -0.2) is 9.97 Å². The van der Waals surface area contributed by atoms with Crippen molar-refractivity contribution in [1.29, 1.82) is 0 Å². The molecule has 0 aromatic carbocycles. The van der Waals surface area contributed by atoms with Crippen LogP contribution in [0.3, 0.4) is 0 Å². The predicted octanol–water partition coefficient (Wildman–Crippen LogP) is 3.81. The smallest absolute Gasteiger partial charge is 0.384 e. The van der Waals surface area contributed by atoms with E-state index >= 15 is 0 Å². The summed E-state index contributed by atoms with van der Waals surface area (Å²) in [5.74, 6) is -0.212. The van der Waals surface area contributed by atoms with Crippen molar-refractivity contribution < 1.29 is 13.2 Å². The van der Waals surface area contributed by atoms with Crippen LogP contribution in [0.4, 0.5) is 19.0 Å². The average Bonchev–Trinajstić information content (AvgIpc) is 2.93. The summed E-state index contributed by atoms with van der Waals surface area (Å²) in [6, 6.07) is 4.50. The largest absolute Gasteiger partial charge is 0.433 e. The van der Waals surface area contributed by atoms with Crippen molar-refractivity contribution in [3.05, 3.63) is 42.0 Å². The summed E-state index contributed by atoms with van der Waals surface area (Å²) in [5, 5.41) is 0.727. The fourth-order valence-electron chi connectivity index (χ4n) is 2.05. The molecule has 5 nitrogen and oxygen atoms in total. The number of nitrogens with zero attached hydrogens (tertiary/aromatic N) is 3. The topological polar surface area (TPSA) is 80.5 Å². The number of nitrogens with two attached hydrogens (primary N) is 1. The number of H-pyrrole nitrogens is 1. The van der Waals surface area contributed by atoms with Crippen LogP contribution in [0, 0.1) is 0 Å². The van der Waals surface area contributed by atoms with Crippen molar-refractivity contribution in [3.63, 3.8) is 0 Å². The molecule has 0 aliphatic rings. The van der Waals surface area contributed by atoms with Crippen molar-refractivity contribution in [3.8, 4) is 0 Å². The first-order valence-electron chi connectivity index (χ1n) is 6.64. The molecule has 0 amide bonds. The molecule has 0 saturated carbocycles. The van der Waals surface area contributed by atoms with Crippen molar-refractivity contribution in [2.75, 3.05) is 5.73 Å². The molecule has 0 spiro atoms. The summed E-state index contributed by atoms with van der Waals surface area (Å²) in [4.78, 5) is 14.7. The molecule has 3 rings (SSSR count). The lowest BCUT2D eigenvalue weighted by Crippen LogP contribution is -2.11. The van der Waals surface area contributed by atoms with Gasteiger partial charge in [0.15, 0.2) is 10.9 Å². The number of rotatable bonds is 3. The van der Waals surface area contributed by atoms with E-state index in [1.807, 2.05) is 19.1 Å². The summed E-state index contributed by atoms with van der Waals surface area (Å²) in [5.41, 5.74) is 6.02. The maximum Gasteiger partial charge on any atom is 0.433 e. The van der Waals surface area contributed by atoms with Gasteiger partial charge in [0.05, 0.1) is 22.7 Å². The maximum atomic E-state index is 12.8. The van der Waals surface area contributed by atoms with Crippen LogP contribution < -0.4 is 5.73 Å². The van der Waals surface area contributed by atoms with Gasteiger partial charge >= 0.3 is 6.18 Å². The third-order valence-corrected chi connectivity index (χ3v) is 4.16. The van der Waals surface area contributed by atoms with Gasteiger partial charge in [0.2, 0.25) is 0 Å². The fraction of sp³-hybridized carbons (Fsp3) is 0.214. The minimum Gasteiger partial charge on any atom is -0.384 e. The molecule has 3 N–H and O–H groups in total. The van der Waals surface area contributed by atoms with Crippen molar-refractivity contribution in [2.24, 2.45) is 0 Å². The van der Waals surface area contributed by atoms with Crippen LogP contribution in [0.1, 0.15) is 23.6 Å². The number of fused-ring (bicyclic) bond motifs is 1. The SMILES string of the molecule is CC(Sc1nc(N)cc(C(F)(F)F)n1)c1cc2cc[nH]c2cn1. The normalized spacial score (nSPS) is 13.4. The Balaban J connectivity index is 1.87. The standard InChI is InChI=1S/C14H12F3N5S/c1-7(9-4-8-2-3-19-10(8)6-20-9)23-13-21-11(14(15,16)17)5-12(18)22-13/h2-7,19H,1H3,(H2,18,21,22). The van der Waals surface area contributed by atoms with E-state index in [-0.39, 0.29) is 16.2 Å². The molecule has 1 atom stereocenters. The first-order chi connectivity index (χ1) is 10.8.